The number of carboxylic acids is 1. The fraction of sp³-hybridized carbons (Fsp3) is 0.800. The van der Waals surface area contributed by atoms with Crippen LogP contribution in [0.2, 0.25) is 0 Å². The van der Waals surface area contributed by atoms with Crippen LogP contribution in [-0.2, 0) is 19.6 Å². The SMILES string of the molecule is NS(=O)(=O)CC1CC(=O)N(C(C(=O)O)C2CC2)C1. The lowest BCUT2D eigenvalue weighted by atomic mass is 10.1. The van der Waals surface area contributed by atoms with Gasteiger partial charge < -0.3 is 10.0 Å². The number of nitrogens with two attached hydrogens (primary N) is 1. The van der Waals surface area contributed by atoms with Crippen molar-refractivity contribution in [2.24, 2.45) is 17.0 Å². The molecule has 18 heavy (non-hydrogen) atoms. The van der Waals surface area contributed by atoms with Crippen LogP contribution < -0.4 is 5.14 Å². The quantitative estimate of drug-likeness (QED) is 0.667. The third-order valence-electron chi connectivity index (χ3n) is 3.36. The lowest BCUT2D eigenvalue weighted by molar-refractivity contribution is -0.149. The summed E-state index contributed by atoms with van der Waals surface area (Å²) in [6, 6.07) is -0.803. The van der Waals surface area contributed by atoms with Gasteiger partial charge in [-0.3, -0.25) is 4.79 Å². The van der Waals surface area contributed by atoms with Crippen molar-refractivity contribution < 1.29 is 23.1 Å². The van der Waals surface area contributed by atoms with E-state index in [1.165, 1.54) is 4.90 Å². The number of amides is 1. The summed E-state index contributed by atoms with van der Waals surface area (Å²) in [5.74, 6) is -1.95. The van der Waals surface area contributed by atoms with E-state index in [9.17, 15) is 18.0 Å². The highest BCUT2D eigenvalue weighted by Gasteiger charge is 2.46. The molecule has 102 valence electrons. The number of carboxylic acid groups (broad SMARTS) is 1. The Hall–Kier alpha value is -1.15. The first-order valence-corrected chi connectivity index (χ1v) is 7.52. The minimum absolute atomic E-state index is 0.0136. The van der Waals surface area contributed by atoms with Gasteiger partial charge in [-0.05, 0) is 18.8 Å². The van der Waals surface area contributed by atoms with E-state index in [-0.39, 0.29) is 30.5 Å². The van der Waals surface area contributed by atoms with Crippen LogP contribution in [-0.4, -0.2) is 48.6 Å². The molecule has 0 bridgehead atoms. The van der Waals surface area contributed by atoms with Crippen molar-refractivity contribution in [2.45, 2.75) is 25.3 Å². The molecule has 2 unspecified atom stereocenters. The molecule has 1 saturated carbocycles. The summed E-state index contributed by atoms with van der Waals surface area (Å²) in [7, 11) is -3.63. The van der Waals surface area contributed by atoms with E-state index < -0.39 is 28.0 Å². The van der Waals surface area contributed by atoms with Crippen LogP contribution in [0.15, 0.2) is 0 Å². The van der Waals surface area contributed by atoms with Crippen molar-refractivity contribution in [1.29, 1.82) is 0 Å². The molecule has 0 aromatic heterocycles. The van der Waals surface area contributed by atoms with Crippen molar-refractivity contribution in [3.05, 3.63) is 0 Å². The van der Waals surface area contributed by atoms with Gasteiger partial charge in [0.25, 0.3) is 0 Å². The van der Waals surface area contributed by atoms with E-state index in [0.717, 1.165) is 12.8 Å². The number of hydrogen-bond donors (Lipinski definition) is 2. The van der Waals surface area contributed by atoms with Gasteiger partial charge in [-0.2, -0.15) is 0 Å². The molecule has 1 aliphatic heterocycles. The lowest BCUT2D eigenvalue weighted by Crippen LogP contribution is -2.44. The molecule has 0 spiro atoms. The van der Waals surface area contributed by atoms with Crippen LogP contribution in [0.4, 0.5) is 0 Å². The molecule has 0 aromatic carbocycles. The number of carbonyl (C=O) groups is 2. The standard InChI is InChI=1S/C10H16N2O5S/c11-18(16,17)5-6-3-8(13)12(4-6)9(10(14)15)7-1-2-7/h6-7,9H,1-5H2,(H,14,15)(H2,11,16,17). The summed E-state index contributed by atoms with van der Waals surface area (Å²) < 4.78 is 22.0. The highest BCUT2D eigenvalue weighted by atomic mass is 32.2. The van der Waals surface area contributed by atoms with Gasteiger partial charge in [0.05, 0.1) is 5.75 Å². The Kier molecular flexibility index (Phi) is 3.33. The predicted molar refractivity (Wildman–Crippen MR) is 61.9 cm³/mol. The molecule has 8 heteroatoms. The van der Waals surface area contributed by atoms with E-state index in [0.29, 0.717) is 0 Å². The summed E-state index contributed by atoms with van der Waals surface area (Å²) in [6.45, 7) is 0.169. The van der Waals surface area contributed by atoms with Crippen LogP contribution in [0.3, 0.4) is 0 Å². The number of hydrogen-bond acceptors (Lipinski definition) is 4. The minimum atomic E-state index is -3.63. The monoisotopic (exact) mass is 276 g/mol. The van der Waals surface area contributed by atoms with Crippen LogP contribution in [0, 0.1) is 11.8 Å². The molecular formula is C10H16N2O5S. The van der Waals surface area contributed by atoms with E-state index in [1.807, 2.05) is 0 Å². The highest BCUT2D eigenvalue weighted by molar-refractivity contribution is 7.89. The Morgan fingerprint density at radius 1 is 1.50 bits per heavy atom. The summed E-state index contributed by atoms with van der Waals surface area (Å²) in [5.41, 5.74) is 0. The zero-order chi connectivity index (χ0) is 13.5. The van der Waals surface area contributed by atoms with Crippen molar-refractivity contribution in [3.63, 3.8) is 0 Å². The van der Waals surface area contributed by atoms with E-state index >= 15 is 0 Å². The summed E-state index contributed by atoms with van der Waals surface area (Å²) in [4.78, 5) is 24.2. The smallest absolute Gasteiger partial charge is 0.326 e. The molecule has 1 saturated heterocycles. The van der Waals surface area contributed by atoms with Gasteiger partial charge in [0.2, 0.25) is 15.9 Å². The molecule has 2 aliphatic rings. The van der Waals surface area contributed by atoms with Crippen molar-refractivity contribution >= 4 is 21.9 Å². The normalized spacial score (nSPS) is 26.4. The molecule has 3 N–H and O–H groups in total. The number of carbonyl (C=O) groups excluding carboxylic acids is 1. The second kappa shape index (κ2) is 4.51. The van der Waals surface area contributed by atoms with Gasteiger partial charge in [-0.1, -0.05) is 0 Å². The second-order valence-corrected chi connectivity index (χ2v) is 6.73. The molecule has 2 rings (SSSR count). The molecule has 2 atom stereocenters. The zero-order valence-electron chi connectivity index (χ0n) is 9.78. The van der Waals surface area contributed by atoms with E-state index in [2.05, 4.69) is 0 Å². The fourth-order valence-corrected chi connectivity index (χ4v) is 3.40. The average Bonchev–Trinajstić information content (AvgIpc) is 2.91. The Balaban J connectivity index is 2.06. The topological polar surface area (TPSA) is 118 Å². The van der Waals surface area contributed by atoms with Crippen LogP contribution in [0.1, 0.15) is 19.3 Å². The maximum absolute atomic E-state index is 11.8. The summed E-state index contributed by atoms with van der Waals surface area (Å²) >= 11 is 0. The Bertz CT molecular complexity index is 471. The summed E-state index contributed by atoms with van der Waals surface area (Å²) in [6.07, 6.45) is 1.67. The first kappa shape index (κ1) is 13.3. The molecular weight excluding hydrogens is 260 g/mol. The molecule has 0 radical (unpaired) electrons. The Labute approximate surface area is 105 Å². The Morgan fingerprint density at radius 2 is 2.11 bits per heavy atom. The predicted octanol–water partition coefficient (Wildman–Crippen LogP) is -1.01. The van der Waals surface area contributed by atoms with E-state index in [1.54, 1.807) is 0 Å². The van der Waals surface area contributed by atoms with Gasteiger partial charge in [0.15, 0.2) is 0 Å². The van der Waals surface area contributed by atoms with Gasteiger partial charge in [-0.15, -0.1) is 0 Å². The fourth-order valence-electron chi connectivity index (χ4n) is 2.52. The van der Waals surface area contributed by atoms with Gasteiger partial charge in [-0.25, -0.2) is 18.4 Å². The number of likely N-dealkylation sites (tertiary alicyclic amines) is 1. The van der Waals surface area contributed by atoms with Gasteiger partial charge in [0, 0.05) is 18.9 Å². The van der Waals surface area contributed by atoms with Crippen molar-refractivity contribution in [2.75, 3.05) is 12.3 Å². The average molecular weight is 276 g/mol. The third kappa shape index (κ3) is 2.99. The molecule has 0 aromatic rings. The largest absolute Gasteiger partial charge is 0.480 e. The number of aliphatic carboxylic acids is 1. The number of primary sulfonamides is 1. The van der Waals surface area contributed by atoms with E-state index in [4.69, 9.17) is 10.2 Å². The minimum Gasteiger partial charge on any atom is -0.480 e. The third-order valence-corrected chi connectivity index (χ3v) is 4.30. The maximum atomic E-state index is 11.8. The molecule has 7 nitrogen and oxygen atoms in total. The lowest BCUT2D eigenvalue weighted by Gasteiger charge is -2.24. The molecule has 1 amide bonds. The van der Waals surface area contributed by atoms with Crippen LogP contribution in [0.25, 0.3) is 0 Å². The van der Waals surface area contributed by atoms with Gasteiger partial charge in [0.1, 0.15) is 6.04 Å². The maximum Gasteiger partial charge on any atom is 0.326 e. The second-order valence-electron chi connectivity index (χ2n) is 5.07. The van der Waals surface area contributed by atoms with Gasteiger partial charge >= 0.3 is 5.97 Å². The zero-order valence-corrected chi connectivity index (χ0v) is 10.6. The highest BCUT2D eigenvalue weighted by Crippen LogP contribution is 2.37. The Morgan fingerprint density at radius 3 is 2.56 bits per heavy atom. The van der Waals surface area contributed by atoms with Crippen LogP contribution >= 0.6 is 0 Å². The molecule has 2 fully saturated rings. The number of nitrogens with zero attached hydrogens (tertiary/aromatic N) is 1. The number of sulfonamides is 1. The molecule has 1 aliphatic carbocycles. The van der Waals surface area contributed by atoms with Crippen LogP contribution in [0.5, 0.6) is 0 Å². The number of rotatable bonds is 5. The van der Waals surface area contributed by atoms with Crippen molar-refractivity contribution in [1.82, 2.24) is 4.90 Å². The first-order valence-electron chi connectivity index (χ1n) is 5.80. The summed E-state index contributed by atoms with van der Waals surface area (Å²) in [5, 5.41) is 14.1. The molecule has 1 heterocycles. The van der Waals surface area contributed by atoms with Crippen molar-refractivity contribution in [3.8, 4) is 0 Å². The first-order chi connectivity index (χ1) is 8.28.